The summed E-state index contributed by atoms with van der Waals surface area (Å²) in [6, 6.07) is 1.13. The Balaban J connectivity index is 3.36. The van der Waals surface area contributed by atoms with E-state index in [9.17, 15) is 12.5 Å². The molecule has 0 spiro atoms. The Bertz CT molecular complexity index is 280. The third kappa shape index (κ3) is 1.48. The van der Waals surface area contributed by atoms with Gasteiger partial charge in [-0.05, 0) is 0 Å². The topological polar surface area (TPSA) is 17.1 Å². The fourth-order valence-corrected chi connectivity index (χ4v) is 1.07. The summed E-state index contributed by atoms with van der Waals surface area (Å²) in [6.07, 6.45) is 0. The van der Waals surface area contributed by atoms with Gasteiger partial charge in [-0.3, -0.25) is 0 Å². The number of hydrogen-bond acceptors (Lipinski definition) is 1. The molecule has 0 N–H and O–H groups in total. The molecule has 0 aliphatic heterocycles. The van der Waals surface area contributed by atoms with Crippen LogP contribution in [-0.4, -0.2) is 15.7 Å². The van der Waals surface area contributed by atoms with Gasteiger partial charge >= 0.3 is 63.7 Å². The van der Waals surface area contributed by atoms with E-state index >= 15 is 0 Å². The SMILES string of the molecule is [2H]c1cc(F)cc(F)c1[As]=O. The second-order valence-corrected chi connectivity index (χ2v) is 2.93. The van der Waals surface area contributed by atoms with Crippen molar-refractivity contribution < 1.29 is 13.9 Å². The molecule has 4 heteroatoms. The van der Waals surface area contributed by atoms with Crippen LogP contribution in [-0.2, 0) is 3.74 Å². The Morgan fingerprint density at radius 2 is 2.30 bits per heavy atom. The monoisotopic (exact) mass is 205 g/mol. The van der Waals surface area contributed by atoms with Crippen LogP contribution >= 0.6 is 0 Å². The Kier molecular flexibility index (Phi) is 1.86. The third-order valence-corrected chi connectivity index (χ3v) is 2.03. The van der Waals surface area contributed by atoms with Crippen LogP contribution < -0.4 is 4.35 Å². The van der Waals surface area contributed by atoms with Crippen molar-refractivity contribution in [1.29, 1.82) is 0 Å². The summed E-state index contributed by atoms with van der Waals surface area (Å²) in [6.45, 7) is 0. The predicted octanol–water partition coefficient (Wildman–Crippen LogP) is 0.640. The zero-order valence-electron chi connectivity index (χ0n) is 5.77. The van der Waals surface area contributed by atoms with Gasteiger partial charge in [0.25, 0.3) is 0 Å². The molecule has 0 aliphatic carbocycles. The average molecular weight is 205 g/mol. The Labute approximate surface area is 64.4 Å². The third-order valence-electron chi connectivity index (χ3n) is 0.929. The van der Waals surface area contributed by atoms with Crippen LogP contribution in [0.25, 0.3) is 0 Å². The van der Waals surface area contributed by atoms with Crippen LogP contribution in [0.15, 0.2) is 18.2 Å². The van der Waals surface area contributed by atoms with Gasteiger partial charge in [-0.15, -0.1) is 0 Å². The maximum atomic E-state index is 12.6. The first-order chi connectivity index (χ1) is 5.15. The minimum absolute atomic E-state index is 0.192. The molecule has 0 unspecified atom stereocenters. The number of halogens is 2. The molecule has 10 heavy (non-hydrogen) atoms. The van der Waals surface area contributed by atoms with Crippen molar-refractivity contribution in [1.82, 2.24) is 0 Å². The van der Waals surface area contributed by atoms with Crippen molar-refractivity contribution in [3.63, 3.8) is 0 Å². The van der Waals surface area contributed by atoms with Crippen LogP contribution in [0.3, 0.4) is 0 Å². The Hall–Kier alpha value is -0.562. The van der Waals surface area contributed by atoms with E-state index in [-0.39, 0.29) is 10.4 Å². The van der Waals surface area contributed by atoms with Crippen LogP contribution in [0.1, 0.15) is 1.37 Å². The standard InChI is InChI=1S/C6H3AsF2O/c8-4-1-2-5(7-10)6(9)3-4/h1-3H/i2D. The molecule has 1 nitrogen and oxygen atoms in total. The summed E-state index contributed by atoms with van der Waals surface area (Å²) < 4.78 is 42.0. The summed E-state index contributed by atoms with van der Waals surface area (Å²) in [7, 11) is 0. The minimum atomic E-state index is -1.59. The summed E-state index contributed by atoms with van der Waals surface area (Å²) in [5.41, 5.74) is 0. The molecular weight excluding hydrogens is 201 g/mol. The average Bonchev–Trinajstić information content (AvgIpc) is 1.85. The molecule has 0 fully saturated rings. The van der Waals surface area contributed by atoms with E-state index < -0.39 is 27.3 Å². The van der Waals surface area contributed by atoms with Gasteiger partial charge < -0.3 is 0 Å². The van der Waals surface area contributed by atoms with E-state index in [1.165, 1.54) is 0 Å². The fourth-order valence-electron chi connectivity index (χ4n) is 0.507. The molecule has 1 rings (SSSR count). The molecule has 1 aromatic rings. The van der Waals surface area contributed by atoms with Gasteiger partial charge in [0, 0.05) is 0 Å². The summed E-state index contributed by atoms with van der Waals surface area (Å²) in [4.78, 5) is 0. The molecular formula is C6H3AsF2O. The molecule has 0 saturated carbocycles. The van der Waals surface area contributed by atoms with Crippen molar-refractivity contribution >= 4 is 20.0 Å². The first kappa shape index (κ1) is 6.17. The molecule has 0 heterocycles. The molecule has 0 aromatic heterocycles. The van der Waals surface area contributed by atoms with Crippen molar-refractivity contribution in [3.8, 4) is 0 Å². The molecule has 0 aliphatic rings. The van der Waals surface area contributed by atoms with Gasteiger partial charge in [-0.25, -0.2) is 0 Å². The molecule has 52 valence electrons. The van der Waals surface area contributed by atoms with E-state index in [0.29, 0.717) is 6.07 Å². The summed E-state index contributed by atoms with van der Waals surface area (Å²) >= 11 is -1.59. The zero-order chi connectivity index (χ0) is 8.43. The van der Waals surface area contributed by atoms with Crippen molar-refractivity contribution in [2.24, 2.45) is 0 Å². The van der Waals surface area contributed by atoms with Crippen LogP contribution in [0.2, 0.25) is 0 Å². The summed E-state index contributed by atoms with van der Waals surface area (Å²) in [5.74, 6) is -1.71. The van der Waals surface area contributed by atoms with Gasteiger partial charge in [0.1, 0.15) is 0 Å². The van der Waals surface area contributed by atoms with Crippen molar-refractivity contribution in [3.05, 3.63) is 29.8 Å². The fraction of sp³-hybridized carbons (Fsp3) is 0. The second kappa shape index (κ2) is 3.02. The van der Waals surface area contributed by atoms with Gasteiger partial charge in [0.2, 0.25) is 0 Å². The Morgan fingerprint density at radius 1 is 1.60 bits per heavy atom. The van der Waals surface area contributed by atoms with E-state index in [0.717, 1.165) is 6.07 Å². The van der Waals surface area contributed by atoms with E-state index in [1.807, 2.05) is 0 Å². The van der Waals surface area contributed by atoms with Crippen LogP contribution in [0, 0.1) is 11.6 Å². The number of rotatable bonds is 1. The number of hydrogen-bond donors (Lipinski definition) is 0. The van der Waals surface area contributed by atoms with Gasteiger partial charge in [0.15, 0.2) is 0 Å². The van der Waals surface area contributed by atoms with Crippen LogP contribution in [0.4, 0.5) is 8.78 Å². The second-order valence-electron chi connectivity index (χ2n) is 1.61. The quantitative estimate of drug-likeness (QED) is 0.615. The molecule has 0 radical (unpaired) electrons. The zero-order valence-corrected chi connectivity index (χ0v) is 6.64. The van der Waals surface area contributed by atoms with Crippen molar-refractivity contribution in [2.45, 2.75) is 0 Å². The van der Waals surface area contributed by atoms with Gasteiger partial charge in [-0.2, -0.15) is 0 Å². The van der Waals surface area contributed by atoms with Crippen LogP contribution in [0.5, 0.6) is 0 Å². The molecule has 0 saturated heterocycles. The van der Waals surface area contributed by atoms with Gasteiger partial charge in [0.05, 0.1) is 0 Å². The first-order valence-electron chi connectivity index (χ1n) is 2.94. The molecule has 0 amide bonds. The number of benzene rings is 1. The summed E-state index contributed by atoms with van der Waals surface area (Å²) in [5, 5.41) is 0. The molecule has 0 bridgehead atoms. The predicted molar refractivity (Wildman–Crippen MR) is 32.4 cm³/mol. The van der Waals surface area contributed by atoms with E-state index in [4.69, 9.17) is 1.37 Å². The first-order valence-corrected chi connectivity index (χ1v) is 4.14. The van der Waals surface area contributed by atoms with E-state index in [2.05, 4.69) is 0 Å². The molecule has 0 atom stereocenters. The Morgan fingerprint density at radius 3 is 2.80 bits per heavy atom. The van der Waals surface area contributed by atoms with Crippen molar-refractivity contribution in [2.75, 3.05) is 0 Å². The van der Waals surface area contributed by atoms with E-state index in [1.54, 1.807) is 0 Å². The normalized spacial score (nSPS) is 11.6. The molecule has 1 aromatic carbocycles. The van der Waals surface area contributed by atoms with Gasteiger partial charge in [-0.1, -0.05) is 0 Å². The maximum absolute atomic E-state index is 12.6.